The molecule has 25 heavy (non-hydrogen) atoms. The SMILES string of the molecule is COc1ccc(NC(=O)c2c(C)sc3c(=O)n(C4CC4)cnc23)cc1. The predicted molar refractivity (Wildman–Crippen MR) is 97.8 cm³/mol. The van der Waals surface area contributed by atoms with Crippen molar-refractivity contribution in [3.05, 3.63) is 51.4 Å². The molecule has 128 valence electrons. The number of aromatic nitrogens is 2. The third-order valence-corrected chi connectivity index (χ3v) is 5.40. The number of methoxy groups -OCH3 is 1. The molecule has 2 aromatic heterocycles. The number of anilines is 1. The van der Waals surface area contributed by atoms with Gasteiger partial charge in [0.15, 0.2) is 0 Å². The van der Waals surface area contributed by atoms with Gasteiger partial charge in [-0.3, -0.25) is 14.2 Å². The van der Waals surface area contributed by atoms with Gasteiger partial charge in [-0.25, -0.2) is 4.98 Å². The van der Waals surface area contributed by atoms with Gasteiger partial charge in [-0.1, -0.05) is 0 Å². The number of thiophene rings is 1. The second-order valence-electron chi connectivity index (χ2n) is 6.08. The molecule has 0 spiro atoms. The van der Waals surface area contributed by atoms with E-state index in [9.17, 15) is 9.59 Å². The summed E-state index contributed by atoms with van der Waals surface area (Å²) >= 11 is 1.33. The number of rotatable bonds is 4. The van der Waals surface area contributed by atoms with Gasteiger partial charge in [-0.05, 0) is 44.0 Å². The Labute approximate surface area is 148 Å². The summed E-state index contributed by atoms with van der Waals surface area (Å²) in [5, 5.41) is 2.86. The Kier molecular flexibility index (Phi) is 3.80. The Balaban J connectivity index is 1.70. The van der Waals surface area contributed by atoms with E-state index < -0.39 is 0 Å². The van der Waals surface area contributed by atoms with Crippen LogP contribution in [0.2, 0.25) is 0 Å². The molecule has 0 radical (unpaired) electrons. The van der Waals surface area contributed by atoms with Crippen LogP contribution in [0.4, 0.5) is 5.69 Å². The third-order valence-electron chi connectivity index (χ3n) is 4.31. The van der Waals surface area contributed by atoms with Crippen molar-refractivity contribution in [2.75, 3.05) is 12.4 Å². The molecule has 0 saturated heterocycles. The number of ether oxygens (including phenoxy) is 1. The number of hydrogen-bond donors (Lipinski definition) is 1. The number of amides is 1. The first-order valence-electron chi connectivity index (χ1n) is 8.04. The van der Waals surface area contributed by atoms with E-state index in [0.29, 0.717) is 21.5 Å². The van der Waals surface area contributed by atoms with Gasteiger partial charge in [0, 0.05) is 16.6 Å². The van der Waals surface area contributed by atoms with Gasteiger partial charge in [0.25, 0.3) is 11.5 Å². The molecule has 2 heterocycles. The molecule has 1 N–H and O–H groups in total. The molecule has 1 amide bonds. The molecule has 0 unspecified atom stereocenters. The van der Waals surface area contributed by atoms with E-state index in [1.165, 1.54) is 11.3 Å². The maximum Gasteiger partial charge on any atom is 0.271 e. The van der Waals surface area contributed by atoms with Gasteiger partial charge in [0.05, 0.1) is 19.0 Å². The first-order chi connectivity index (χ1) is 12.1. The Hall–Kier alpha value is -2.67. The van der Waals surface area contributed by atoms with Crippen molar-refractivity contribution in [3.8, 4) is 5.75 Å². The summed E-state index contributed by atoms with van der Waals surface area (Å²) in [5.74, 6) is 0.461. The van der Waals surface area contributed by atoms with Crippen LogP contribution in [-0.4, -0.2) is 22.6 Å². The Morgan fingerprint density at radius 2 is 2.04 bits per heavy atom. The van der Waals surface area contributed by atoms with Crippen LogP contribution >= 0.6 is 11.3 Å². The predicted octanol–water partition coefficient (Wildman–Crippen LogP) is 3.36. The van der Waals surface area contributed by atoms with Gasteiger partial charge >= 0.3 is 0 Å². The molecule has 0 aliphatic heterocycles. The quantitative estimate of drug-likeness (QED) is 0.779. The fraction of sp³-hybridized carbons (Fsp3) is 0.278. The number of carbonyl (C=O) groups is 1. The van der Waals surface area contributed by atoms with Crippen LogP contribution in [-0.2, 0) is 0 Å². The second-order valence-corrected chi connectivity index (χ2v) is 7.31. The van der Waals surface area contributed by atoms with E-state index in [2.05, 4.69) is 10.3 Å². The van der Waals surface area contributed by atoms with Gasteiger partial charge < -0.3 is 10.1 Å². The highest BCUT2D eigenvalue weighted by molar-refractivity contribution is 7.19. The van der Waals surface area contributed by atoms with Crippen LogP contribution in [0.15, 0.2) is 35.4 Å². The molecule has 1 fully saturated rings. The molecule has 3 aromatic rings. The normalized spacial score (nSPS) is 13.8. The van der Waals surface area contributed by atoms with Crippen LogP contribution in [0, 0.1) is 6.92 Å². The first kappa shape index (κ1) is 15.8. The summed E-state index contributed by atoms with van der Waals surface area (Å²) in [6, 6.07) is 7.37. The third kappa shape index (κ3) is 2.80. The zero-order valence-electron chi connectivity index (χ0n) is 13.9. The van der Waals surface area contributed by atoms with Crippen LogP contribution in [0.25, 0.3) is 10.2 Å². The van der Waals surface area contributed by atoms with Crippen molar-refractivity contribution in [2.24, 2.45) is 0 Å². The van der Waals surface area contributed by atoms with Crippen molar-refractivity contribution in [2.45, 2.75) is 25.8 Å². The summed E-state index contributed by atoms with van der Waals surface area (Å²) in [6.45, 7) is 1.84. The first-order valence-corrected chi connectivity index (χ1v) is 8.86. The standard InChI is InChI=1S/C18H17N3O3S/c1-10-14(17(22)20-11-3-7-13(24-2)8-4-11)15-16(25-10)18(23)21(9-19-15)12-5-6-12/h3-4,7-9,12H,5-6H2,1-2H3,(H,20,22). The van der Waals surface area contributed by atoms with Crippen molar-refractivity contribution in [3.63, 3.8) is 0 Å². The molecular formula is C18H17N3O3S. The number of nitrogens with zero attached hydrogens (tertiary/aromatic N) is 2. The molecule has 0 bridgehead atoms. The molecule has 6 nitrogen and oxygen atoms in total. The van der Waals surface area contributed by atoms with Crippen LogP contribution < -0.4 is 15.6 Å². The summed E-state index contributed by atoms with van der Waals surface area (Å²) < 4.78 is 7.35. The minimum atomic E-state index is -0.259. The monoisotopic (exact) mass is 355 g/mol. The van der Waals surface area contributed by atoms with Gasteiger partial charge in [-0.2, -0.15) is 0 Å². The fourth-order valence-electron chi connectivity index (χ4n) is 2.84. The van der Waals surface area contributed by atoms with Crippen molar-refractivity contribution in [1.29, 1.82) is 0 Å². The highest BCUT2D eigenvalue weighted by Crippen LogP contribution is 2.34. The maximum atomic E-state index is 12.7. The highest BCUT2D eigenvalue weighted by atomic mass is 32.1. The average molecular weight is 355 g/mol. The molecule has 1 aromatic carbocycles. The number of hydrogen-bond acceptors (Lipinski definition) is 5. The van der Waals surface area contributed by atoms with E-state index in [4.69, 9.17) is 4.74 Å². The summed E-state index contributed by atoms with van der Waals surface area (Å²) in [5.41, 5.74) is 1.56. The Morgan fingerprint density at radius 1 is 1.32 bits per heavy atom. The van der Waals surface area contributed by atoms with Crippen LogP contribution in [0.1, 0.15) is 34.1 Å². The number of carbonyl (C=O) groups excluding carboxylic acids is 1. The van der Waals surface area contributed by atoms with Crippen LogP contribution in [0.3, 0.4) is 0 Å². The van der Waals surface area contributed by atoms with Crippen molar-refractivity contribution in [1.82, 2.24) is 9.55 Å². The minimum Gasteiger partial charge on any atom is -0.497 e. The maximum absolute atomic E-state index is 12.7. The average Bonchev–Trinajstić information content (AvgIpc) is 3.38. The zero-order chi connectivity index (χ0) is 17.6. The van der Waals surface area contributed by atoms with Gasteiger partial charge in [0.1, 0.15) is 16.0 Å². The molecule has 1 aliphatic rings. The Bertz CT molecular complexity index is 1020. The largest absolute Gasteiger partial charge is 0.497 e. The second kappa shape index (κ2) is 6.00. The highest BCUT2D eigenvalue weighted by Gasteiger charge is 2.27. The number of nitrogens with one attached hydrogen (secondary N) is 1. The van der Waals surface area contributed by atoms with E-state index in [1.807, 2.05) is 6.92 Å². The summed E-state index contributed by atoms with van der Waals surface area (Å²) in [4.78, 5) is 30.5. The lowest BCUT2D eigenvalue weighted by Gasteiger charge is -2.07. The van der Waals surface area contributed by atoms with E-state index in [1.54, 1.807) is 42.3 Å². The van der Waals surface area contributed by atoms with Crippen LogP contribution in [0.5, 0.6) is 5.75 Å². The zero-order valence-corrected chi connectivity index (χ0v) is 14.7. The molecular weight excluding hydrogens is 338 g/mol. The Morgan fingerprint density at radius 3 is 2.68 bits per heavy atom. The lowest BCUT2D eigenvalue weighted by Crippen LogP contribution is -2.19. The van der Waals surface area contributed by atoms with Crippen molar-refractivity contribution >= 4 is 33.1 Å². The lowest BCUT2D eigenvalue weighted by atomic mass is 10.2. The van der Waals surface area contributed by atoms with Gasteiger partial charge in [0.2, 0.25) is 0 Å². The molecule has 1 saturated carbocycles. The van der Waals surface area contributed by atoms with Crippen molar-refractivity contribution < 1.29 is 9.53 Å². The fourth-order valence-corrected chi connectivity index (χ4v) is 3.88. The smallest absolute Gasteiger partial charge is 0.271 e. The van der Waals surface area contributed by atoms with E-state index >= 15 is 0 Å². The molecule has 4 rings (SSSR count). The number of aryl methyl sites for hydroxylation is 1. The molecule has 0 atom stereocenters. The number of fused-ring (bicyclic) bond motifs is 1. The van der Waals surface area contributed by atoms with E-state index in [-0.39, 0.29) is 17.5 Å². The lowest BCUT2D eigenvalue weighted by molar-refractivity contribution is 0.102. The summed E-state index contributed by atoms with van der Waals surface area (Å²) in [7, 11) is 1.59. The molecule has 7 heteroatoms. The number of benzene rings is 1. The topological polar surface area (TPSA) is 73.2 Å². The molecule has 1 aliphatic carbocycles. The summed E-state index contributed by atoms with van der Waals surface area (Å²) in [6.07, 6.45) is 3.60. The van der Waals surface area contributed by atoms with E-state index in [0.717, 1.165) is 23.5 Å². The van der Waals surface area contributed by atoms with Gasteiger partial charge in [-0.15, -0.1) is 11.3 Å². The minimum absolute atomic E-state index is 0.0518.